The van der Waals surface area contributed by atoms with Crippen LogP contribution in [0.3, 0.4) is 0 Å². The van der Waals surface area contributed by atoms with Gasteiger partial charge in [-0.1, -0.05) is 66.2 Å². The summed E-state index contributed by atoms with van der Waals surface area (Å²) in [5, 5.41) is 1.69. The number of rotatable bonds is 2. The number of Topliss-reactive ketones (excluding diaryl/α,β-unsaturated/α-hetero) is 1. The maximum absolute atomic E-state index is 12.8. The van der Waals surface area contributed by atoms with E-state index in [-0.39, 0.29) is 21.4 Å². The molecule has 0 aliphatic heterocycles. The maximum Gasteiger partial charge on any atom is 0.282 e. The number of allylic oxidation sites excluding steroid dienone is 2. The van der Waals surface area contributed by atoms with Crippen molar-refractivity contribution in [3.8, 4) is 0 Å². The quantitative estimate of drug-likeness (QED) is 0.663. The fourth-order valence-electron chi connectivity index (χ4n) is 2.88. The van der Waals surface area contributed by atoms with E-state index in [1.807, 2.05) is 24.3 Å². The van der Waals surface area contributed by atoms with Gasteiger partial charge in [0.15, 0.2) is 0 Å². The molecule has 4 rings (SSSR count). The molecule has 0 N–H and O–H groups in total. The highest BCUT2D eigenvalue weighted by Crippen LogP contribution is 2.26. The summed E-state index contributed by atoms with van der Waals surface area (Å²) in [6.07, 6.45) is 1.30. The van der Waals surface area contributed by atoms with Crippen LogP contribution in [0.1, 0.15) is 15.9 Å². The molecule has 0 amide bonds. The van der Waals surface area contributed by atoms with Gasteiger partial charge in [0.25, 0.3) is 10.0 Å². The van der Waals surface area contributed by atoms with Gasteiger partial charge in [0.05, 0.1) is 15.6 Å². The highest BCUT2D eigenvalue weighted by atomic mass is 35.5. The number of fused-ring (bicyclic) bond motifs is 2. The third-order valence-corrected chi connectivity index (χ3v) is 5.73. The summed E-state index contributed by atoms with van der Waals surface area (Å²) in [7, 11) is -3.96. The number of nitrogens with zero attached hydrogens (tertiary/aromatic N) is 1. The van der Waals surface area contributed by atoms with Crippen molar-refractivity contribution in [3.63, 3.8) is 0 Å². The van der Waals surface area contributed by atoms with Crippen LogP contribution in [0, 0.1) is 0 Å². The van der Waals surface area contributed by atoms with Crippen LogP contribution in [0.5, 0.6) is 0 Å². The standard InChI is InChI=1S/C20H12ClNO3S/c21-18-12-19(16-7-3-4-8-17(16)20(18)23)22-26(24,25)15-10-9-13-5-1-2-6-14(13)11-15/h1-12H/b22-19+. The highest BCUT2D eigenvalue weighted by molar-refractivity contribution is 7.90. The molecule has 0 spiro atoms. The van der Waals surface area contributed by atoms with Crippen LogP contribution in [0.25, 0.3) is 10.8 Å². The number of ketones is 1. The summed E-state index contributed by atoms with van der Waals surface area (Å²) >= 11 is 5.98. The summed E-state index contributed by atoms with van der Waals surface area (Å²) < 4.78 is 29.5. The normalized spacial score (nSPS) is 15.8. The van der Waals surface area contributed by atoms with E-state index in [2.05, 4.69) is 4.40 Å². The second-order valence-corrected chi connectivity index (χ2v) is 7.84. The number of benzene rings is 3. The van der Waals surface area contributed by atoms with Gasteiger partial charge < -0.3 is 0 Å². The molecule has 0 saturated carbocycles. The maximum atomic E-state index is 12.8. The lowest BCUT2D eigenvalue weighted by Gasteiger charge is -2.14. The van der Waals surface area contributed by atoms with Gasteiger partial charge in [-0.3, -0.25) is 4.79 Å². The predicted octanol–water partition coefficient (Wildman–Crippen LogP) is 4.34. The predicted molar refractivity (Wildman–Crippen MR) is 102 cm³/mol. The molecule has 128 valence electrons. The molecule has 0 bridgehead atoms. The van der Waals surface area contributed by atoms with Crippen molar-refractivity contribution in [3.05, 3.63) is 89.0 Å². The minimum atomic E-state index is -3.96. The molecule has 0 atom stereocenters. The van der Waals surface area contributed by atoms with Gasteiger partial charge in [-0.2, -0.15) is 12.8 Å². The minimum absolute atomic E-state index is 0.0591. The first-order valence-electron chi connectivity index (χ1n) is 7.81. The van der Waals surface area contributed by atoms with Gasteiger partial charge in [0.2, 0.25) is 5.78 Å². The topological polar surface area (TPSA) is 63.6 Å². The summed E-state index contributed by atoms with van der Waals surface area (Å²) in [6, 6.07) is 19.0. The van der Waals surface area contributed by atoms with E-state index >= 15 is 0 Å². The Balaban J connectivity index is 1.87. The zero-order valence-electron chi connectivity index (χ0n) is 13.4. The largest absolute Gasteiger partial charge is 0.288 e. The number of carbonyl (C=O) groups excluding carboxylic acids is 1. The van der Waals surface area contributed by atoms with Crippen LogP contribution < -0.4 is 0 Å². The van der Waals surface area contributed by atoms with E-state index in [9.17, 15) is 13.2 Å². The van der Waals surface area contributed by atoms with Crippen LogP contribution in [0.15, 0.2) is 87.1 Å². The van der Waals surface area contributed by atoms with E-state index in [1.54, 1.807) is 36.4 Å². The third-order valence-electron chi connectivity index (χ3n) is 4.17. The zero-order chi connectivity index (χ0) is 18.3. The van der Waals surface area contributed by atoms with Crippen molar-refractivity contribution in [2.45, 2.75) is 4.90 Å². The molecule has 4 nitrogen and oxygen atoms in total. The Morgan fingerprint density at radius 2 is 1.46 bits per heavy atom. The fourth-order valence-corrected chi connectivity index (χ4v) is 4.12. The second kappa shape index (κ2) is 6.20. The van der Waals surface area contributed by atoms with Gasteiger partial charge in [-0.15, -0.1) is 0 Å². The van der Waals surface area contributed by atoms with Gasteiger partial charge in [-0.05, 0) is 29.0 Å². The van der Waals surface area contributed by atoms with Crippen LogP contribution in [-0.2, 0) is 10.0 Å². The first-order valence-corrected chi connectivity index (χ1v) is 9.62. The molecule has 1 aliphatic carbocycles. The number of hydrogen-bond acceptors (Lipinski definition) is 3. The van der Waals surface area contributed by atoms with E-state index in [0.29, 0.717) is 11.1 Å². The lowest BCUT2D eigenvalue weighted by molar-refractivity contribution is 0.104. The van der Waals surface area contributed by atoms with Crippen molar-refractivity contribution in [2.75, 3.05) is 0 Å². The van der Waals surface area contributed by atoms with Gasteiger partial charge in [-0.25, -0.2) is 0 Å². The summed E-state index contributed by atoms with van der Waals surface area (Å²) in [5.74, 6) is -0.343. The van der Waals surface area contributed by atoms with E-state index in [1.165, 1.54) is 12.1 Å². The van der Waals surface area contributed by atoms with Crippen LogP contribution in [0.2, 0.25) is 0 Å². The molecule has 0 fully saturated rings. The number of carbonyl (C=O) groups is 1. The van der Waals surface area contributed by atoms with Crippen LogP contribution >= 0.6 is 11.6 Å². The Hall–Kier alpha value is -2.76. The average Bonchev–Trinajstić information content (AvgIpc) is 2.65. The molecule has 6 heteroatoms. The second-order valence-electron chi connectivity index (χ2n) is 5.83. The van der Waals surface area contributed by atoms with Crippen molar-refractivity contribution < 1.29 is 13.2 Å². The molecule has 0 aromatic heterocycles. The van der Waals surface area contributed by atoms with Crippen molar-refractivity contribution in [1.29, 1.82) is 0 Å². The third kappa shape index (κ3) is 2.85. The van der Waals surface area contributed by atoms with Gasteiger partial charge in [0, 0.05) is 11.1 Å². The lowest BCUT2D eigenvalue weighted by Crippen LogP contribution is -2.16. The smallest absolute Gasteiger partial charge is 0.282 e. The Bertz CT molecular complexity index is 1230. The fraction of sp³-hybridized carbons (Fsp3) is 0. The van der Waals surface area contributed by atoms with Crippen LogP contribution in [0.4, 0.5) is 0 Å². The van der Waals surface area contributed by atoms with Crippen molar-refractivity contribution >= 4 is 43.9 Å². The first-order chi connectivity index (χ1) is 12.5. The number of sulfonamides is 1. The summed E-state index contributed by atoms with van der Waals surface area (Å²) in [6.45, 7) is 0. The van der Waals surface area contributed by atoms with E-state index < -0.39 is 10.0 Å². The van der Waals surface area contributed by atoms with Gasteiger partial charge in [0.1, 0.15) is 0 Å². The molecule has 0 saturated heterocycles. The van der Waals surface area contributed by atoms with Crippen molar-refractivity contribution in [2.24, 2.45) is 4.40 Å². The number of hydrogen-bond donors (Lipinski definition) is 0. The highest BCUT2D eigenvalue weighted by Gasteiger charge is 2.25. The molecule has 0 unspecified atom stereocenters. The molecule has 0 radical (unpaired) electrons. The minimum Gasteiger partial charge on any atom is -0.288 e. The number of halogens is 1. The molecule has 1 aliphatic rings. The monoisotopic (exact) mass is 381 g/mol. The van der Waals surface area contributed by atoms with E-state index in [0.717, 1.165) is 10.8 Å². The molecule has 26 heavy (non-hydrogen) atoms. The molecular weight excluding hydrogens is 370 g/mol. The molecule has 3 aromatic carbocycles. The Kier molecular flexibility index (Phi) is 3.98. The first kappa shape index (κ1) is 16.7. The van der Waals surface area contributed by atoms with Gasteiger partial charge >= 0.3 is 0 Å². The Morgan fingerprint density at radius 1 is 0.808 bits per heavy atom. The van der Waals surface area contributed by atoms with Crippen molar-refractivity contribution in [1.82, 2.24) is 0 Å². The SMILES string of the molecule is O=C1C(Cl)=C/C(=N\S(=O)(=O)c2ccc3ccccc3c2)c2ccccc21. The molecule has 3 aromatic rings. The molecule has 0 heterocycles. The Morgan fingerprint density at radius 3 is 2.23 bits per heavy atom. The average molecular weight is 382 g/mol. The Labute approximate surface area is 155 Å². The lowest BCUT2D eigenvalue weighted by atomic mass is 9.94. The molecular formula is C20H12ClNO3S. The van der Waals surface area contributed by atoms with E-state index in [4.69, 9.17) is 11.6 Å². The van der Waals surface area contributed by atoms with Crippen LogP contribution in [-0.4, -0.2) is 19.9 Å². The zero-order valence-corrected chi connectivity index (χ0v) is 15.0. The summed E-state index contributed by atoms with van der Waals surface area (Å²) in [5.41, 5.74) is 0.942. The summed E-state index contributed by atoms with van der Waals surface area (Å²) in [4.78, 5) is 12.2.